The van der Waals surface area contributed by atoms with Crippen LogP contribution < -0.4 is 11.1 Å². The Morgan fingerprint density at radius 1 is 1.06 bits per heavy atom. The summed E-state index contributed by atoms with van der Waals surface area (Å²) in [5.41, 5.74) is 5.46. The van der Waals surface area contributed by atoms with E-state index in [4.69, 9.17) is 5.73 Å². The van der Waals surface area contributed by atoms with Gasteiger partial charge in [-0.25, -0.2) is 0 Å². The second-order valence-corrected chi connectivity index (χ2v) is 7.85. The molecule has 0 aromatic rings. The molecule has 1 atom stereocenters. The van der Waals surface area contributed by atoms with Gasteiger partial charge in [0, 0.05) is 17.0 Å². The third-order valence-electron chi connectivity index (χ3n) is 2.59. The van der Waals surface area contributed by atoms with Gasteiger partial charge in [-0.2, -0.15) is 0 Å². The molecule has 0 bridgehead atoms. The number of carbonyl (C=O) groups excluding carboxylic acids is 1. The van der Waals surface area contributed by atoms with Crippen molar-refractivity contribution in [1.29, 1.82) is 0 Å². The smallest absolute Gasteiger partial charge is 0.224 e. The lowest BCUT2D eigenvalue weighted by molar-refractivity contribution is -0.130. The zero-order valence-electron chi connectivity index (χ0n) is 12.8. The Bertz CT molecular complexity index is 263. The molecule has 102 valence electrons. The molecule has 3 nitrogen and oxygen atoms in total. The lowest BCUT2D eigenvalue weighted by atomic mass is 9.74. The monoisotopic (exact) mass is 242 g/mol. The van der Waals surface area contributed by atoms with Gasteiger partial charge in [0.2, 0.25) is 5.91 Å². The zero-order chi connectivity index (χ0) is 14.1. The van der Waals surface area contributed by atoms with Crippen LogP contribution in [-0.2, 0) is 4.79 Å². The van der Waals surface area contributed by atoms with E-state index in [0.29, 0.717) is 6.42 Å². The third-order valence-corrected chi connectivity index (χ3v) is 2.59. The maximum Gasteiger partial charge on any atom is 0.224 e. The first-order valence-electron chi connectivity index (χ1n) is 6.33. The van der Waals surface area contributed by atoms with Crippen molar-refractivity contribution < 1.29 is 4.79 Å². The second kappa shape index (κ2) is 4.97. The molecule has 0 rings (SSSR count). The van der Waals surface area contributed by atoms with Crippen molar-refractivity contribution in [3.8, 4) is 0 Å². The molecule has 0 saturated carbocycles. The van der Waals surface area contributed by atoms with Crippen LogP contribution in [0.3, 0.4) is 0 Å². The maximum absolute atomic E-state index is 12.3. The minimum Gasteiger partial charge on any atom is -0.351 e. The molecule has 1 amide bonds. The summed E-state index contributed by atoms with van der Waals surface area (Å²) in [4.78, 5) is 12.3. The van der Waals surface area contributed by atoms with Crippen molar-refractivity contribution in [1.82, 2.24) is 5.32 Å². The highest BCUT2D eigenvalue weighted by molar-refractivity contribution is 5.80. The Morgan fingerprint density at radius 2 is 1.47 bits per heavy atom. The van der Waals surface area contributed by atoms with E-state index < -0.39 is 0 Å². The highest BCUT2D eigenvalue weighted by Gasteiger charge is 2.35. The summed E-state index contributed by atoms with van der Waals surface area (Å²) in [5, 5.41) is 3.05. The third kappa shape index (κ3) is 7.37. The summed E-state index contributed by atoms with van der Waals surface area (Å²) in [6.07, 6.45) is 0.693. The minimum absolute atomic E-state index is 0.0678. The quantitative estimate of drug-likeness (QED) is 0.799. The van der Waals surface area contributed by atoms with Crippen LogP contribution in [0.1, 0.15) is 61.8 Å². The molecule has 0 radical (unpaired) electrons. The number of amides is 1. The Labute approximate surface area is 107 Å². The molecule has 0 aromatic heterocycles. The number of carbonyl (C=O) groups is 1. The van der Waals surface area contributed by atoms with Crippen LogP contribution in [0.25, 0.3) is 0 Å². The van der Waals surface area contributed by atoms with Crippen LogP contribution in [0.5, 0.6) is 0 Å². The molecule has 0 saturated heterocycles. The fourth-order valence-corrected chi connectivity index (χ4v) is 1.77. The number of rotatable bonds is 3. The van der Waals surface area contributed by atoms with E-state index in [1.165, 1.54) is 0 Å². The fraction of sp³-hybridized carbons (Fsp3) is 0.929. The van der Waals surface area contributed by atoms with Crippen molar-refractivity contribution in [3.63, 3.8) is 0 Å². The zero-order valence-corrected chi connectivity index (χ0v) is 12.8. The lowest BCUT2D eigenvalue weighted by Gasteiger charge is -2.36. The van der Waals surface area contributed by atoms with Crippen LogP contribution in [0.4, 0.5) is 0 Å². The van der Waals surface area contributed by atoms with Gasteiger partial charge in [0.15, 0.2) is 0 Å². The molecule has 17 heavy (non-hydrogen) atoms. The minimum atomic E-state index is -0.326. The van der Waals surface area contributed by atoms with Gasteiger partial charge >= 0.3 is 0 Å². The molecule has 0 aliphatic heterocycles. The van der Waals surface area contributed by atoms with Crippen molar-refractivity contribution in [2.24, 2.45) is 17.1 Å². The van der Waals surface area contributed by atoms with Crippen molar-refractivity contribution in [2.75, 3.05) is 0 Å². The van der Waals surface area contributed by atoms with Crippen molar-refractivity contribution >= 4 is 5.91 Å². The van der Waals surface area contributed by atoms with Gasteiger partial charge in [0.1, 0.15) is 0 Å². The van der Waals surface area contributed by atoms with Gasteiger partial charge in [0.25, 0.3) is 0 Å². The van der Waals surface area contributed by atoms with Crippen molar-refractivity contribution in [2.45, 2.75) is 72.9 Å². The highest BCUT2D eigenvalue weighted by atomic mass is 16.2. The molecule has 3 heteroatoms. The molecule has 0 spiro atoms. The summed E-state index contributed by atoms with van der Waals surface area (Å²) in [7, 11) is 0. The van der Waals surface area contributed by atoms with Crippen LogP contribution in [-0.4, -0.2) is 17.0 Å². The number of nitrogens with two attached hydrogens (primary N) is 1. The number of hydrogen-bond donors (Lipinski definition) is 2. The maximum atomic E-state index is 12.3. The van der Waals surface area contributed by atoms with Crippen LogP contribution >= 0.6 is 0 Å². The summed E-state index contributed by atoms with van der Waals surface area (Å²) >= 11 is 0. The molecule has 0 aromatic carbocycles. The molecule has 0 aliphatic carbocycles. The van der Waals surface area contributed by atoms with Crippen LogP contribution in [0.15, 0.2) is 0 Å². The van der Waals surface area contributed by atoms with Crippen molar-refractivity contribution in [3.05, 3.63) is 0 Å². The molecule has 0 fully saturated rings. The number of nitrogens with one attached hydrogen (secondary N) is 1. The Balaban J connectivity index is 4.90. The first-order valence-corrected chi connectivity index (χ1v) is 6.33. The van der Waals surface area contributed by atoms with E-state index >= 15 is 0 Å². The van der Waals surface area contributed by atoms with E-state index in [0.717, 1.165) is 0 Å². The van der Waals surface area contributed by atoms with Gasteiger partial charge in [-0.3, -0.25) is 4.79 Å². The average molecular weight is 242 g/mol. The predicted molar refractivity (Wildman–Crippen MR) is 73.7 cm³/mol. The van der Waals surface area contributed by atoms with Crippen LogP contribution in [0, 0.1) is 11.3 Å². The topological polar surface area (TPSA) is 55.1 Å². The van der Waals surface area contributed by atoms with E-state index in [2.05, 4.69) is 26.1 Å². The predicted octanol–water partition coefficient (Wildman–Crippen LogP) is 2.69. The Hall–Kier alpha value is -0.570. The summed E-state index contributed by atoms with van der Waals surface area (Å²) in [6.45, 7) is 16.2. The first-order chi connectivity index (χ1) is 7.22. The second-order valence-electron chi connectivity index (χ2n) is 7.85. The fourth-order valence-electron chi connectivity index (χ4n) is 1.77. The lowest BCUT2D eigenvalue weighted by Crippen LogP contribution is -2.50. The Kier molecular flexibility index (Phi) is 4.80. The van der Waals surface area contributed by atoms with Gasteiger partial charge in [-0.1, -0.05) is 20.8 Å². The highest BCUT2D eigenvalue weighted by Crippen LogP contribution is 2.32. The summed E-state index contributed by atoms with van der Waals surface area (Å²) < 4.78 is 0. The molecule has 0 aliphatic rings. The van der Waals surface area contributed by atoms with Gasteiger partial charge in [-0.15, -0.1) is 0 Å². The summed E-state index contributed by atoms with van der Waals surface area (Å²) in [6, 6.07) is 0. The molecular weight excluding hydrogens is 212 g/mol. The largest absolute Gasteiger partial charge is 0.351 e. The first kappa shape index (κ1) is 16.4. The van der Waals surface area contributed by atoms with Crippen LogP contribution in [0.2, 0.25) is 0 Å². The standard InChI is InChI=1S/C14H30N2O/c1-12(2,3)10(9-14(7,8)15)11(17)16-13(4,5)6/h10H,9,15H2,1-8H3,(H,16,17). The SMILES string of the molecule is CC(C)(N)CC(C(=O)NC(C)(C)C)C(C)(C)C. The van der Waals surface area contributed by atoms with E-state index in [1.54, 1.807) is 0 Å². The molecular formula is C14H30N2O. The number of hydrogen-bond acceptors (Lipinski definition) is 2. The van der Waals surface area contributed by atoms with E-state index in [-0.39, 0.29) is 28.3 Å². The molecule has 0 heterocycles. The summed E-state index contributed by atoms with van der Waals surface area (Å²) in [5.74, 6) is 0.0326. The molecule has 1 unspecified atom stereocenters. The van der Waals surface area contributed by atoms with Gasteiger partial charge < -0.3 is 11.1 Å². The van der Waals surface area contributed by atoms with E-state index in [1.807, 2.05) is 34.6 Å². The molecule has 3 N–H and O–H groups in total. The normalized spacial score (nSPS) is 15.6. The average Bonchev–Trinajstić information content (AvgIpc) is 1.92. The Morgan fingerprint density at radius 3 is 1.71 bits per heavy atom. The van der Waals surface area contributed by atoms with Gasteiger partial charge in [0.05, 0.1) is 0 Å². The van der Waals surface area contributed by atoms with E-state index in [9.17, 15) is 4.79 Å². The van der Waals surface area contributed by atoms with Gasteiger partial charge in [-0.05, 0) is 46.5 Å².